The SMILES string of the molecule is O=C(Nc1cc(Cl)ccc1-n1cccc1)c1cccnc1. The summed E-state index contributed by atoms with van der Waals surface area (Å²) in [5.41, 5.74) is 1.99. The number of carbonyl (C=O) groups excluding carboxylic acids is 1. The van der Waals surface area contributed by atoms with E-state index in [4.69, 9.17) is 11.6 Å². The van der Waals surface area contributed by atoms with Crippen molar-refractivity contribution < 1.29 is 4.79 Å². The minimum absolute atomic E-state index is 0.223. The van der Waals surface area contributed by atoms with Gasteiger partial charge in [-0.05, 0) is 42.5 Å². The number of pyridine rings is 1. The average molecular weight is 298 g/mol. The molecule has 3 aromatic rings. The standard InChI is InChI=1S/C16H12ClN3O/c17-13-5-6-15(20-8-1-2-9-20)14(10-13)19-16(21)12-4-3-7-18-11-12/h1-11H,(H,19,21). The van der Waals surface area contributed by atoms with Crippen LogP contribution in [0.15, 0.2) is 67.3 Å². The highest BCUT2D eigenvalue weighted by molar-refractivity contribution is 6.31. The Morgan fingerprint density at radius 1 is 1.14 bits per heavy atom. The summed E-state index contributed by atoms with van der Waals surface area (Å²) < 4.78 is 1.91. The number of nitrogens with one attached hydrogen (secondary N) is 1. The highest BCUT2D eigenvalue weighted by atomic mass is 35.5. The normalized spacial score (nSPS) is 10.3. The topological polar surface area (TPSA) is 46.9 Å². The molecule has 1 aromatic carbocycles. The number of benzene rings is 1. The van der Waals surface area contributed by atoms with Gasteiger partial charge in [-0.2, -0.15) is 0 Å². The first-order chi connectivity index (χ1) is 10.2. The molecule has 5 heteroatoms. The number of carbonyl (C=O) groups is 1. The van der Waals surface area contributed by atoms with Crippen LogP contribution in [0, 0.1) is 0 Å². The van der Waals surface area contributed by atoms with Crippen molar-refractivity contribution in [3.63, 3.8) is 0 Å². The summed E-state index contributed by atoms with van der Waals surface area (Å²) in [6.45, 7) is 0. The van der Waals surface area contributed by atoms with Crippen molar-refractivity contribution in [1.29, 1.82) is 0 Å². The zero-order valence-corrected chi connectivity index (χ0v) is 11.8. The lowest BCUT2D eigenvalue weighted by Gasteiger charge is -2.12. The van der Waals surface area contributed by atoms with Crippen LogP contribution in [0.5, 0.6) is 0 Å². The van der Waals surface area contributed by atoms with E-state index < -0.39 is 0 Å². The van der Waals surface area contributed by atoms with Crippen molar-refractivity contribution in [1.82, 2.24) is 9.55 Å². The Labute approximate surface area is 127 Å². The first kappa shape index (κ1) is 13.4. The molecule has 0 radical (unpaired) electrons. The number of amides is 1. The minimum atomic E-state index is -0.223. The van der Waals surface area contributed by atoms with Gasteiger partial charge in [0.1, 0.15) is 0 Å². The third-order valence-electron chi connectivity index (χ3n) is 3.01. The number of aromatic nitrogens is 2. The molecule has 2 aromatic heterocycles. The van der Waals surface area contributed by atoms with E-state index in [2.05, 4.69) is 10.3 Å². The minimum Gasteiger partial charge on any atom is -0.322 e. The van der Waals surface area contributed by atoms with Gasteiger partial charge in [-0.1, -0.05) is 11.6 Å². The molecule has 0 aliphatic rings. The maximum absolute atomic E-state index is 12.2. The van der Waals surface area contributed by atoms with E-state index in [9.17, 15) is 4.79 Å². The molecule has 0 spiro atoms. The monoisotopic (exact) mass is 297 g/mol. The number of nitrogens with zero attached hydrogens (tertiary/aromatic N) is 2. The van der Waals surface area contributed by atoms with Crippen LogP contribution in [0.25, 0.3) is 5.69 Å². The molecule has 0 saturated carbocycles. The maximum atomic E-state index is 12.2. The second-order valence-corrected chi connectivity index (χ2v) is 4.88. The van der Waals surface area contributed by atoms with Crippen LogP contribution >= 0.6 is 11.6 Å². The van der Waals surface area contributed by atoms with Gasteiger partial charge in [0.25, 0.3) is 5.91 Å². The second kappa shape index (κ2) is 5.81. The molecule has 4 nitrogen and oxygen atoms in total. The van der Waals surface area contributed by atoms with Gasteiger partial charge in [-0.3, -0.25) is 9.78 Å². The lowest BCUT2D eigenvalue weighted by atomic mass is 10.2. The van der Waals surface area contributed by atoms with Gasteiger partial charge in [0.15, 0.2) is 0 Å². The van der Waals surface area contributed by atoms with Crippen molar-refractivity contribution in [2.45, 2.75) is 0 Å². The van der Waals surface area contributed by atoms with Gasteiger partial charge >= 0.3 is 0 Å². The third kappa shape index (κ3) is 2.95. The van der Waals surface area contributed by atoms with Gasteiger partial charge in [0.2, 0.25) is 0 Å². The molecule has 0 aliphatic heterocycles. The molecule has 0 fully saturated rings. The first-order valence-electron chi connectivity index (χ1n) is 6.38. The Bertz CT molecular complexity index is 754. The quantitative estimate of drug-likeness (QED) is 0.800. The van der Waals surface area contributed by atoms with Crippen LogP contribution in [0.4, 0.5) is 5.69 Å². The van der Waals surface area contributed by atoms with Gasteiger partial charge < -0.3 is 9.88 Å². The zero-order chi connectivity index (χ0) is 14.7. The van der Waals surface area contributed by atoms with Crippen molar-refractivity contribution in [2.75, 3.05) is 5.32 Å². The molecule has 1 N–H and O–H groups in total. The maximum Gasteiger partial charge on any atom is 0.257 e. The molecule has 0 aliphatic carbocycles. The Kier molecular flexibility index (Phi) is 3.71. The molecular formula is C16H12ClN3O. The first-order valence-corrected chi connectivity index (χ1v) is 6.76. The van der Waals surface area contributed by atoms with E-state index in [1.54, 1.807) is 30.5 Å². The summed E-state index contributed by atoms with van der Waals surface area (Å²) in [5, 5.41) is 3.43. The van der Waals surface area contributed by atoms with Gasteiger partial charge in [0.05, 0.1) is 16.9 Å². The van der Waals surface area contributed by atoms with E-state index in [-0.39, 0.29) is 5.91 Å². The largest absolute Gasteiger partial charge is 0.322 e. The molecule has 2 heterocycles. The van der Waals surface area contributed by atoms with Crippen molar-refractivity contribution in [3.05, 3.63) is 77.8 Å². The summed E-state index contributed by atoms with van der Waals surface area (Å²) in [6, 6.07) is 12.6. The predicted octanol–water partition coefficient (Wildman–Crippen LogP) is 3.78. The molecule has 104 valence electrons. The number of halogens is 1. The van der Waals surface area contributed by atoms with E-state index >= 15 is 0 Å². The fraction of sp³-hybridized carbons (Fsp3) is 0. The molecule has 0 bridgehead atoms. The van der Waals surface area contributed by atoms with Gasteiger partial charge in [-0.25, -0.2) is 0 Å². The van der Waals surface area contributed by atoms with E-state index in [0.29, 0.717) is 16.3 Å². The second-order valence-electron chi connectivity index (χ2n) is 4.45. The van der Waals surface area contributed by atoms with Gasteiger partial charge in [0, 0.05) is 29.8 Å². The van der Waals surface area contributed by atoms with E-state index in [1.165, 1.54) is 6.20 Å². The highest BCUT2D eigenvalue weighted by Gasteiger charge is 2.10. The summed E-state index contributed by atoms with van der Waals surface area (Å²) in [6.07, 6.45) is 6.96. The molecule has 21 heavy (non-hydrogen) atoms. The van der Waals surface area contributed by atoms with Crippen LogP contribution in [-0.2, 0) is 0 Å². The summed E-state index contributed by atoms with van der Waals surface area (Å²) in [7, 11) is 0. The Morgan fingerprint density at radius 2 is 1.95 bits per heavy atom. The van der Waals surface area contributed by atoms with Crippen molar-refractivity contribution in [2.24, 2.45) is 0 Å². The third-order valence-corrected chi connectivity index (χ3v) is 3.25. The fourth-order valence-corrected chi connectivity index (χ4v) is 2.19. The molecular weight excluding hydrogens is 286 g/mol. The smallest absolute Gasteiger partial charge is 0.257 e. The van der Waals surface area contributed by atoms with Crippen LogP contribution in [0.1, 0.15) is 10.4 Å². The summed E-state index contributed by atoms with van der Waals surface area (Å²) in [4.78, 5) is 16.2. The van der Waals surface area contributed by atoms with Crippen LogP contribution < -0.4 is 5.32 Å². The fourth-order valence-electron chi connectivity index (χ4n) is 2.02. The van der Waals surface area contributed by atoms with Crippen LogP contribution in [0.3, 0.4) is 0 Å². The van der Waals surface area contributed by atoms with Crippen molar-refractivity contribution >= 4 is 23.2 Å². The number of hydrogen-bond acceptors (Lipinski definition) is 2. The van der Waals surface area contributed by atoms with Crippen LogP contribution in [0.2, 0.25) is 5.02 Å². The van der Waals surface area contributed by atoms with Gasteiger partial charge in [-0.15, -0.1) is 0 Å². The van der Waals surface area contributed by atoms with Crippen molar-refractivity contribution in [3.8, 4) is 5.69 Å². The lowest BCUT2D eigenvalue weighted by molar-refractivity contribution is 0.102. The predicted molar refractivity (Wildman–Crippen MR) is 83.0 cm³/mol. The Morgan fingerprint density at radius 3 is 2.67 bits per heavy atom. The van der Waals surface area contributed by atoms with E-state index in [0.717, 1.165) is 5.69 Å². The Balaban J connectivity index is 1.95. The van der Waals surface area contributed by atoms with Crippen LogP contribution in [-0.4, -0.2) is 15.5 Å². The summed E-state index contributed by atoms with van der Waals surface area (Å²) in [5.74, 6) is -0.223. The molecule has 1 amide bonds. The lowest BCUT2D eigenvalue weighted by Crippen LogP contribution is -2.13. The summed E-state index contributed by atoms with van der Waals surface area (Å²) >= 11 is 6.03. The highest BCUT2D eigenvalue weighted by Crippen LogP contribution is 2.25. The average Bonchev–Trinajstić information content (AvgIpc) is 3.02. The molecule has 0 saturated heterocycles. The number of hydrogen-bond donors (Lipinski definition) is 1. The molecule has 3 rings (SSSR count). The number of anilines is 1. The van der Waals surface area contributed by atoms with E-state index in [1.807, 2.05) is 35.2 Å². The Hall–Kier alpha value is -2.59. The molecule has 0 unspecified atom stereocenters. The molecule has 0 atom stereocenters. The number of rotatable bonds is 3. The zero-order valence-electron chi connectivity index (χ0n) is 11.0.